The number of hydrogen-bond acceptors (Lipinski definition) is 2. The Kier molecular flexibility index (Phi) is 3.95. The van der Waals surface area contributed by atoms with Gasteiger partial charge in [0.2, 0.25) is 0 Å². The van der Waals surface area contributed by atoms with Crippen molar-refractivity contribution in [1.29, 1.82) is 0 Å². The third-order valence-electron chi connectivity index (χ3n) is 1.26. The number of carbonyl (C=O) groups is 1. The second-order valence-electron chi connectivity index (χ2n) is 2.08. The molecular weight excluding hydrogens is 135 g/mol. The molecule has 0 aromatic heterocycles. The maximum atomic E-state index is 10.7. The SMILES string of the molecule is CC(=O)c1ccc([O-])cc1.[Li+]. The van der Waals surface area contributed by atoms with Gasteiger partial charge >= 0.3 is 18.9 Å². The van der Waals surface area contributed by atoms with E-state index in [1.807, 2.05) is 0 Å². The quantitative estimate of drug-likeness (QED) is 0.335. The maximum Gasteiger partial charge on any atom is 1.00 e. The van der Waals surface area contributed by atoms with Crippen molar-refractivity contribution in [3.05, 3.63) is 29.8 Å². The Morgan fingerprint density at radius 1 is 1.27 bits per heavy atom. The number of Topliss-reactive ketones (excluding diaryl/α,β-unsaturated/α-hetero) is 1. The molecule has 0 saturated carbocycles. The maximum absolute atomic E-state index is 10.7. The van der Waals surface area contributed by atoms with Gasteiger partial charge in [0, 0.05) is 5.56 Å². The second kappa shape index (κ2) is 4.22. The summed E-state index contributed by atoms with van der Waals surface area (Å²) >= 11 is 0. The van der Waals surface area contributed by atoms with E-state index in [1.165, 1.54) is 31.2 Å². The van der Waals surface area contributed by atoms with Crippen LogP contribution in [-0.4, -0.2) is 5.78 Å². The Labute approximate surface area is 77.4 Å². The number of carbonyl (C=O) groups excluding carboxylic acids is 1. The van der Waals surface area contributed by atoms with Gasteiger partial charge in [-0.2, -0.15) is 0 Å². The molecule has 52 valence electrons. The van der Waals surface area contributed by atoms with Crippen LogP contribution in [0.25, 0.3) is 0 Å². The fraction of sp³-hybridized carbons (Fsp3) is 0.125. The number of rotatable bonds is 1. The molecule has 0 amide bonds. The number of ketones is 1. The summed E-state index contributed by atoms with van der Waals surface area (Å²) in [7, 11) is 0. The molecule has 0 spiro atoms. The Morgan fingerprint density at radius 3 is 2.09 bits per heavy atom. The largest absolute Gasteiger partial charge is 1.00 e. The Bertz CT molecular complexity index is 241. The van der Waals surface area contributed by atoms with Crippen LogP contribution < -0.4 is 24.0 Å². The molecule has 0 atom stereocenters. The van der Waals surface area contributed by atoms with Crippen LogP contribution in [0.3, 0.4) is 0 Å². The molecule has 2 nitrogen and oxygen atoms in total. The molecule has 11 heavy (non-hydrogen) atoms. The summed E-state index contributed by atoms with van der Waals surface area (Å²) in [5.41, 5.74) is 0.583. The van der Waals surface area contributed by atoms with Crippen molar-refractivity contribution in [1.82, 2.24) is 0 Å². The van der Waals surface area contributed by atoms with Gasteiger partial charge in [-0.3, -0.25) is 4.79 Å². The van der Waals surface area contributed by atoms with E-state index in [0.29, 0.717) is 5.56 Å². The Balaban J connectivity index is 0.000001000. The van der Waals surface area contributed by atoms with E-state index < -0.39 is 0 Å². The monoisotopic (exact) mass is 142 g/mol. The van der Waals surface area contributed by atoms with Crippen molar-refractivity contribution >= 4 is 5.78 Å². The molecule has 0 bridgehead atoms. The third-order valence-corrected chi connectivity index (χ3v) is 1.26. The molecule has 0 aliphatic heterocycles. The standard InChI is InChI=1S/C8H8O2.Li/c1-6(9)7-2-4-8(10)5-3-7;/h2-5,10H,1H3;/q;+1/p-1. The summed E-state index contributed by atoms with van der Waals surface area (Å²) in [6, 6.07) is 5.84. The van der Waals surface area contributed by atoms with Crippen molar-refractivity contribution in [3.63, 3.8) is 0 Å². The zero-order chi connectivity index (χ0) is 7.56. The van der Waals surface area contributed by atoms with Crippen LogP contribution in [0.1, 0.15) is 17.3 Å². The minimum absolute atomic E-state index is 0. The molecule has 0 saturated heterocycles. The molecule has 0 fully saturated rings. The van der Waals surface area contributed by atoms with Crippen LogP contribution in [0.15, 0.2) is 24.3 Å². The van der Waals surface area contributed by atoms with E-state index in [0.717, 1.165) is 0 Å². The molecule has 0 aliphatic carbocycles. The topological polar surface area (TPSA) is 40.1 Å². The molecule has 1 aromatic rings. The van der Waals surface area contributed by atoms with E-state index in [-0.39, 0.29) is 30.4 Å². The van der Waals surface area contributed by atoms with Crippen molar-refractivity contribution in [3.8, 4) is 5.75 Å². The summed E-state index contributed by atoms with van der Waals surface area (Å²) in [4.78, 5) is 10.7. The summed E-state index contributed by atoms with van der Waals surface area (Å²) in [5, 5.41) is 10.5. The first-order chi connectivity index (χ1) is 4.70. The van der Waals surface area contributed by atoms with Gasteiger partial charge in [0.25, 0.3) is 0 Å². The van der Waals surface area contributed by atoms with Gasteiger partial charge in [-0.05, 0) is 6.92 Å². The first-order valence-corrected chi connectivity index (χ1v) is 2.98. The Hall–Kier alpha value is -0.713. The van der Waals surface area contributed by atoms with Gasteiger partial charge < -0.3 is 5.11 Å². The fourth-order valence-corrected chi connectivity index (χ4v) is 0.690. The second-order valence-corrected chi connectivity index (χ2v) is 2.08. The Morgan fingerprint density at radius 2 is 1.73 bits per heavy atom. The van der Waals surface area contributed by atoms with E-state index in [1.54, 1.807) is 0 Å². The zero-order valence-electron chi connectivity index (χ0n) is 6.63. The van der Waals surface area contributed by atoms with Crippen molar-refractivity contribution < 1.29 is 28.8 Å². The van der Waals surface area contributed by atoms with Crippen LogP contribution in [-0.2, 0) is 0 Å². The molecule has 0 heterocycles. The summed E-state index contributed by atoms with van der Waals surface area (Å²) in [5.74, 6) is -0.0787. The van der Waals surface area contributed by atoms with E-state index in [9.17, 15) is 9.90 Å². The normalized spacial score (nSPS) is 8.45. The molecule has 0 radical (unpaired) electrons. The van der Waals surface area contributed by atoms with Crippen molar-refractivity contribution in [2.75, 3.05) is 0 Å². The van der Waals surface area contributed by atoms with Crippen LogP contribution >= 0.6 is 0 Å². The van der Waals surface area contributed by atoms with Crippen molar-refractivity contribution in [2.24, 2.45) is 0 Å². The van der Waals surface area contributed by atoms with Crippen LogP contribution in [0.2, 0.25) is 0 Å². The van der Waals surface area contributed by atoms with Crippen LogP contribution in [0, 0.1) is 0 Å². The summed E-state index contributed by atoms with van der Waals surface area (Å²) in [6.45, 7) is 1.47. The summed E-state index contributed by atoms with van der Waals surface area (Å²) in [6.07, 6.45) is 0. The van der Waals surface area contributed by atoms with Gasteiger partial charge in [0.05, 0.1) is 0 Å². The number of benzene rings is 1. The predicted octanol–water partition coefficient (Wildman–Crippen LogP) is -2.03. The van der Waals surface area contributed by atoms with Crippen LogP contribution in [0.5, 0.6) is 5.75 Å². The fourth-order valence-electron chi connectivity index (χ4n) is 0.690. The minimum atomic E-state index is -0.0648. The van der Waals surface area contributed by atoms with E-state index in [4.69, 9.17) is 0 Å². The molecular formula is C8H7LiO2. The average Bonchev–Trinajstić information content (AvgIpc) is 1.88. The minimum Gasteiger partial charge on any atom is -0.872 e. The molecule has 3 heteroatoms. The zero-order valence-corrected chi connectivity index (χ0v) is 6.63. The molecule has 0 unspecified atom stereocenters. The van der Waals surface area contributed by atoms with Gasteiger partial charge in [0.1, 0.15) is 0 Å². The van der Waals surface area contributed by atoms with Gasteiger partial charge in [-0.25, -0.2) is 0 Å². The van der Waals surface area contributed by atoms with Crippen molar-refractivity contribution in [2.45, 2.75) is 6.92 Å². The van der Waals surface area contributed by atoms with Gasteiger partial charge in [0.15, 0.2) is 5.78 Å². The van der Waals surface area contributed by atoms with Gasteiger partial charge in [-0.15, -0.1) is 5.75 Å². The van der Waals surface area contributed by atoms with E-state index >= 15 is 0 Å². The van der Waals surface area contributed by atoms with Gasteiger partial charge in [-0.1, -0.05) is 24.3 Å². The third kappa shape index (κ3) is 2.79. The van der Waals surface area contributed by atoms with E-state index in [2.05, 4.69) is 0 Å². The number of hydrogen-bond donors (Lipinski definition) is 0. The average molecular weight is 142 g/mol. The first-order valence-electron chi connectivity index (χ1n) is 2.98. The smallest absolute Gasteiger partial charge is 0.872 e. The molecule has 0 N–H and O–H groups in total. The molecule has 0 aliphatic rings. The predicted molar refractivity (Wildman–Crippen MR) is 35.9 cm³/mol. The molecule has 1 rings (SSSR count). The molecule has 1 aromatic carbocycles. The van der Waals surface area contributed by atoms with Crippen LogP contribution in [0.4, 0.5) is 0 Å². The summed E-state index contributed by atoms with van der Waals surface area (Å²) < 4.78 is 0. The first kappa shape index (κ1) is 10.3.